The Bertz CT molecular complexity index is 788. The molecule has 0 saturated heterocycles. The topological polar surface area (TPSA) is 37.8 Å². The van der Waals surface area contributed by atoms with Gasteiger partial charge in [-0.3, -0.25) is 0 Å². The van der Waals surface area contributed by atoms with Crippen LogP contribution in [0, 0.1) is 0 Å². The number of hydrogen-bond donors (Lipinski definition) is 1. The van der Waals surface area contributed by atoms with Gasteiger partial charge in [-0.1, -0.05) is 35.0 Å². The Hall–Kier alpha value is -1.17. The molecule has 3 rings (SSSR count). The van der Waals surface area contributed by atoms with Crippen molar-refractivity contribution in [2.75, 3.05) is 5.32 Å². The van der Waals surface area contributed by atoms with Crippen LogP contribution in [0.1, 0.15) is 17.4 Å². The summed E-state index contributed by atoms with van der Waals surface area (Å²) in [5.41, 5.74) is 1.18. The van der Waals surface area contributed by atoms with Gasteiger partial charge in [-0.05, 0) is 41.8 Å². The largest absolute Gasteiger partial charge is 0.365 e. The van der Waals surface area contributed by atoms with Crippen molar-refractivity contribution in [2.24, 2.45) is 0 Å². The molecular formula is C15H13BrClN3S. The maximum absolute atomic E-state index is 6.02. The lowest BCUT2D eigenvalue weighted by atomic mass is 10.2. The molecule has 0 saturated carbocycles. The molecule has 21 heavy (non-hydrogen) atoms. The average molecular weight is 383 g/mol. The van der Waals surface area contributed by atoms with E-state index in [1.807, 2.05) is 12.1 Å². The van der Waals surface area contributed by atoms with Crippen LogP contribution in [0.5, 0.6) is 0 Å². The molecule has 0 atom stereocenters. The normalized spacial score (nSPS) is 11.0. The van der Waals surface area contributed by atoms with E-state index in [0.29, 0.717) is 6.54 Å². The van der Waals surface area contributed by atoms with Gasteiger partial charge in [0.1, 0.15) is 10.6 Å². The molecule has 1 N–H and O–H groups in total. The van der Waals surface area contributed by atoms with E-state index in [-0.39, 0.29) is 5.28 Å². The maximum atomic E-state index is 6.02. The number of nitrogens with zero attached hydrogens (tertiary/aromatic N) is 2. The molecule has 0 unspecified atom stereocenters. The van der Waals surface area contributed by atoms with Crippen LogP contribution in [0.2, 0.25) is 5.28 Å². The third kappa shape index (κ3) is 3.36. The van der Waals surface area contributed by atoms with Gasteiger partial charge in [0.25, 0.3) is 0 Å². The van der Waals surface area contributed by atoms with Crippen molar-refractivity contribution in [2.45, 2.75) is 19.9 Å². The molecule has 108 valence electrons. The van der Waals surface area contributed by atoms with Crippen LogP contribution in [-0.4, -0.2) is 9.97 Å². The fraction of sp³-hybridized carbons (Fsp3) is 0.200. The maximum Gasteiger partial charge on any atom is 0.225 e. The Morgan fingerprint density at radius 3 is 2.90 bits per heavy atom. The van der Waals surface area contributed by atoms with Gasteiger partial charge in [0.2, 0.25) is 5.28 Å². The number of anilines is 1. The van der Waals surface area contributed by atoms with Gasteiger partial charge >= 0.3 is 0 Å². The van der Waals surface area contributed by atoms with Gasteiger partial charge in [-0.25, -0.2) is 9.97 Å². The number of halogens is 2. The van der Waals surface area contributed by atoms with Crippen LogP contribution in [0.25, 0.3) is 10.2 Å². The fourth-order valence-electron chi connectivity index (χ4n) is 2.09. The molecule has 0 bridgehead atoms. The molecule has 0 aliphatic rings. The Balaban J connectivity index is 1.90. The molecule has 2 aromatic heterocycles. The second-order valence-corrected chi connectivity index (χ2v) is 6.98. The van der Waals surface area contributed by atoms with Crippen molar-refractivity contribution in [3.8, 4) is 0 Å². The summed E-state index contributed by atoms with van der Waals surface area (Å²) in [6.45, 7) is 2.83. The molecular weight excluding hydrogens is 370 g/mol. The van der Waals surface area contributed by atoms with Crippen molar-refractivity contribution in [3.05, 3.63) is 50.5 Å². The molecule has 1 aromatic carbocycles. The number of benzene rings is 1. The van der Waals surface area contributed by atoms with Crippen LogP contribution in [0.15, 0.2) is 34.8 Å². The first-order chi connectivity index (χ1) is 10.2. The zero-order chi connectivity index (χ0) is 14.8. The Labute approximate surface area is 140 Å². The van der Waals surface area contributed by atoms with Gasteiger partial charge in [-0.2, -0.15) is 0 Å². The molecule has 0 radical (unpaired) electrons. The summed E-state index contributed by atoms with van der Waals surface area (Å²) >= 11 is 11.2. The van der Waals surface area contributed by atoms with Crippen molar-refractivity contribution in [1.29, 1.82) is 0 Å². The number of aromatic nitrogens is 2. The van der Waals surface area contributed by atoms with E-state index in [1.54, 1.807) is 11.3 Å². The molecule has 0 aliphatic carbocycles. The SMILES string of the molecule is CCc1cc2c(NCc3cccc(Br)c3)nc(Cl)nc2s1. The summed E-state index contributed by atoms with van der Waals surface area (Å²) in [6.07, 6.45) is 0.990. The minimum atomic E-state index is 0.281. The van der Waals surface area contributed by atoms with E-state index in [9.17, 15) is 0 Å². The second-order valence-electron chi connectivity index (χ2n) is 4.61. The zero-order valence-corrected chi connectivity index (χ0v) is 14.5. The summed E-state index contributed by atoms with van der Waals surface area (Å²) < 4.78 is 1.07. The number of nitrogens with one attached hydrogen (secondary N) is 1. The first kappa shape index (κ1) is 14.8. The van der Waals surface area contributed by atoms with E-state index < -0.39 is 0 Å². The Morgan fingerprint density at radius 1 is 1.29 bits per heavy atom. The highest BCUT2D eigenvalue weighted by molar-refractivity contribution is 9.10. The predicted octanol–water partition coefficient (Wildman–Crippen LogP) is 5.28. The summed E-state index contributed by atoms with van der Waals surface area (Å²) in [5.74, 6) is 0.793. The van der Waals surface area contributed by atoms with E-state index in [4.69, 9.17) is 11.6 Å². The van der Waals surface area contributed by atoms with Gasteiger partial charge < -0.3 is 5.32 Å². The monoisotopic (exact) mass is 381 g/mol. The number of hydrogen-bond acceptors (Lipinski definition) is 4. The lowest BCUT2D eigenvalue weighted by molar-refractivity contribution is 1.10. The van der Waals surface area contributed by atoms with Crippen molar-refractivity contribution in [3.63, 3.8) is 0 Å². The quantitative estimate of drug-likeness (QED) is 0.624. The van der Waals surface area contributed by atoms with Crippen molar-refractivity contribution >= 4 is 54.9 Å². The third-order valence-electron chi connectivity index (χ3n) is 3.11. The molecule has 0 fully saturated rings. The van der Waals surface area contributed by atoms with Crippen LogP contribution in [0.4, 0.5) is 5.82 Å². The Kier molecular flexibility index (Phi) is 4.42. The van der Waals surface area contributed by atoms with Crippen LogP contribution < -0.4 is 5.32 Å². The smallest absolute Gasteiger partial charge is 0.225 e. The molecule has 0 spiro atoms. The highest BCUT2D eigenvalue weighted by atomic mass is 79.9. The van der Waals surface area contributed by atoms with Gasteiger partial charge in [0.15, 0.2) is 0 Å². The molecule has 0 aliphatic heterocycles. The lowest BCUT2D eigenvalue weighted by Crippen LogP contribution is -2.02. The van der Waals surface area contributed by atoms with E-state index in [2.05, 4.69) is 56.3 Å². The van der Waals surface area contributed by atoms with Crippen molar-refractivity contribution < 1.29 is 0 Å². The minimum Gasteiger partial charge on any atom is -0.365 e. The van der Waals surface area contributed by atoms with E-state index >= 15 is 0 Å². The Morgan fingerprint density at radius 2 is 2.14 bits per heavy atom. The summed E-state index contributed by atoms with van der Waals surface area (Å²) in [6, 6.07) is 10.3. The second kappa shape index (κ2) is 6.30. The minimum absolute atomic E-state index is 0.281. The average Bonchev–Trinajstić information content (AvgIpc) is 2.87. The zero-order valence-electron chi connectivity index (χ0n) is 11.4. The number of fused-ring (bicyclic) bond motifs is 1. The number of aryl methyl sites for hydroxylation is 1. The molecule has 6 heteroatoms. The highest BCUT2D eigenvalue weighted by Crippen LogP contribution is 2.30. The van der Waals surface area contributed by atoms with Crippen LogP contribution in [-0.2, 0) is 13.0 Å². The first-order valence-electron chi connectivity index (χ1n) is 6.60. The highest BCUT2D eigenvalue weighted by Gasteiger charge is 2.10. The van der Waals surface area contributed by atoms with Gasteiger partial charge in [-0.15, -0.1) is 11.3 Å². The van der Waals surface area contributed by atoms with E-state index in [1.165, 1.54) is 10.4 Å². The fourth-order valence-corrected chi connectivity index (χ4v) is 3.72. The number of rotatable bonds is 4. The van der Waals surface area contributed by atoms with Gasteiger partial charge in [0.05, 0.1) is 5.39 Å². The molecule has 3 aromatic rings. The molecule has 3 nitrogen and oxygen atoms in total. The first-order valence-corrected chi connectivity index (χ1v) is 8.58. The third-order valence-corrected chi connectivity index (χ3v) is 4.95. The number of thiophene rings is 1. The lowest BCUT2D eigenvalue weighted by Gasteiger charge is -2.07. The summed E-state index contributed by atoms with van der Waals surface area (Å²) in [5, 5.41) is 4.68. The van der Waals surface area contributed by atoms with Gasteiger partial charge in [0, 0.05) is 15.9 Å². The molecule has 0 amide bonds. The molecule has 2 heterocycles. The van der Waals surface area contributed by atoms with E-state index in [0.717, 1.165) is 26.9 Å². The summed E-state index contributed by atoms with van der Waals surface area (Å²) in [4.78, 5) is 10.8. The standard InChI is InChI=1S/C15H13BrClN3S/c1-2-11-7-12-13(19-15(17)20-14(12)21-11)18-8-9-4-3-5-10(16)6-9/h3-7H,2,8H2,1H3,(H,18,19,20). The van der Waals surface area contributed by atoms with Crippen LogP contribution >= 0.6 is 38.9 Å². The summed E-state index contributed by atoms with van der Waals surface area (Å²) in [7, 11) is 0. The predicted molar refractivity (Wildman–Crippen MR) is 93.3 cm³/mol. The van der Waals surface area contributed by atoms with Crippen molar-refractivity contribution in [1.82, 2.24) is 9.97 Å². The van der Waals surface area contributed by atoms with Crippen LogP contribution in [0.3, 0.4) is 0 Å².